The van der Waals surface area contributed by atoms with E-state index in [9.17, 15) is 9.59 Å². The van der Waals surface area contributed by atoms with Crippen molar-refractivity contribution >= 4 is 34.8 Å². The number of methoxy groups -OCH3 is 1. The number of amides is 2. The molecular formula is C27H29ClN4O3. The first-order valence-corrected chi connectivity index (χ1v) is 11.9. The lowest BCUT2D eigenvalue weighted by atomic mass is 10.0. The highest BCUT2D eigenvalue weighted by molar-refractivity contribution is 6.33. The standard InChI is InChI=1S/C27H29ClN4O3/c1-35-22-13-11-21(12-14-22)29-27(34)26(20-7-3-2-4-8-20)32-17-15-31(16-18-32)19-25(33)30-24-10-6-5-9-23(24)28/h2-14,26H,15-19H2,1H3,(H,29,34)(H,30,33). The highest BCUT2D eigenvalue weighted by Gasteiger charge is 2.31. The maximum atomic E-state index is 13.4. The van der Waals surface area contributed by atoms with Crippen LogP contribution in [0.1, 0.15) is 11.6 Å². The molecule has 1 aliphatic rings. The summed E-state index contributed by atoms with van der Waals surface area (Å²) in [6.07, 6.45) is 0. The van der Waals surface area contributed by atoms with Crippen molar-refractivity contribution in [3.8, 4) is 5.75 Å². The van der Waals surface area contributed by atoms with Crippen LogP contribution in [0.25, 0.3) is 0 Å². The van der Waals surface area contributed by atoms with Gasteiger partial charge in [0.1, 0.15) is 11.8 Å². The van der Waals surface area contributed by atoms with Crippen molar-refractivity contribution in [1.82, 2.24) is 9.80 Å². The largest absolute Gasteiger partial charge is 0.497 e. The summed E-state index contributed by atoms with van der Waals surface area (Å²) in [6, 6.07) is 23.8. The maximum Gasteiger partial charge on any atom is 0.246 e. The molecule has 0 bridgehead atoms. The van der Waals surface area contributed by atoms with Gasteiger partial charge in [0.05, 0.1) is 24.4 Å². The number of hydrogen-bond acceptors (Lipinski definition) is 5. The lowest BCUT2D eigenvalue weighted by molar-refractivity contribution is -0.123. The number of para-hydroxylation sites is 1. The van der Waals surface area contributed by atoms with E-state index in [0.717, 1.165) is 11.3 Å². The Bertz CT molecular complexity index is 1130. The van der Waals surface area contributed by atoms with Gasteiger partial charge in [0, 0.05) is 31.9 Å². The number of carbonyl (C=O) groups excluding carboxylic acids is 2. The molecule has 7 nitrogen and oxygen atoms in total. The third-order valence-electron chi connectivity index (χ3n) is 6.01. The molecule has 0 radical (unpaired) electrons. The monoisotopic (exact) mass is 492 g/mol. The van der Waals surface area contributed by atoms with Crippen LogP contribution >= 0.6 is 11.6 Å². The van der Waals surface area contributed by atoms with E-state index in [4.69, 9.17) is 16.3 Å². The molecule has 0 saturated carbocycles. The van der Waals surface area contributed by atoms with Crippen LogP contribution in [0.2, 0.25) is 5.02 Å². The van der Waals surface area contributed by atoms with Gasteiger partial charge in [0.2, 0.25) is 11.8 Å². The van der Waals surface area contributed by atoms with Gasteiger partial charge in [-0.3, -0.25) is 19.4 Å². The lowest BCUT2D eigenvalue weighted by Crippen LogP contribution is -2.51. The number of rotatable bonds is 8. The Morgan fingerprint density at radius 1 is 0.886 bits per heavy atom. The molecule has 0 aromatic heterocycles. The normalized spacial score (nSPS) is 15.3. The molecule has 3 aromatic carbocycles. The van der Waals surface area contributed by atoms with Crippen molar-refractivity contribution in [3.63, 3.8) is 0 Å². The molecule has 2 N–H and O–H groups in total. The number of halogens is 1. The van der Waals surface area contributed by atoms with E-state index in [1.807, 2.05) is 66.7 Å². The molecule has 3 aromatic rings. The number of anilines is 2. The molecule has 182 valence electrons. The van der Waals surface area contributed by atoms with Crippen LogP contribution in [-0.2, 0) is 9.59 Å². The second-order valence-corrected chi connectivity index (χ2v) is 8.78. The van der Waals surface area contributed by atoms with Gasteiger partial charge in [-0.15, -0.1) is 0 Å². The number of nitrogens with zero attached hydrogens (tertiary/aromatic N) is 2. The van der Waals surface area contributed by atoms with Crippen LogP contribution in [-0.4, -0.2) is 61.4 Å². The Balaban J connectivity index is 1.38. The van der Waals surface area contributed by atoms with Gasteiger partial charge in [-0.05, 0) is 42.0 Å². The average molecular weight is 493 g/mol. The first kappa shape index (κ1) is 24.7. The minimum Gasteiger partial charge on any atom is -0.497 e. The lowest BCUT2D eigenvalue weighted by Gasteiger charge is -2.38. The highest BCUT2D eigenvalue weighted by Crippen LogP contribution is 2.25. The van der Waals surface area contributed by atoms with Gasteiger partial charge in [-0.1, -0.05) is 54.1 Å². The summed E-state index contributed by atoms with van der Waals surface area (Å²) >= 11 is 6.15. The quantitative estimate of drug-likeness (QED) is 0.491. The summed E-state index contributed by atoms with van der Waals surface area (Å²) in [5.41, 5.74) is 2.26. The zero-order valence-electron chi connectivity index (χ0n) is 19.6. The molecule has 1 heterocycles. The number of ether oxygens (including phenoxy) is 1. The topological polar surface area (TPSA) is 73.9 Å². The van der Waals surface area contributed by atoms with Crippen LogP contribution in [0, 0.1) is 0 Å². The van der Waals surface area contributed by atoms with Crippen molar-refractivity contribution < 1.29 is 14.3 Å². The minimum atomic E-state index is -0.433. The first-order valence-electron chi connectivity index (χ1n) is 11.5. The third-order valence-corrected chi connectivity index (χ3v) is 6.34. The Labute approximate surface area is 210 Å². The zero-order chi connectivity index (χ0) is 24.6. The molecule has 4 rings (SSSR count). The molecule has 1 unspecified atom stereocenters. The van der Waals surface area contributed by atoms with E-state index in [1.54, 1.807) is 19.2 Å². The van der Waals surface area contributed by atoms with Gasteiger partial charge >= 0.3 is 0 Å². The number of carbonyl (C=O) groups is 2. The smallest absolute Gasteiger partial charge is 0.246 e. The second-order valence-electron chi connectivity index (χ2n) is 8.37. The van der Waals surface area contributed by atoms with Gasteiger partial charge in [-0.25, -0.2) is 0 Å². The number of hydrogen-bond donors (Lipinski definition) is 2. The molecule has 35 heavy (non-hydrogen) atoms. The summed E-state index contributed by atoms with van der Waals surface area (Å²) in [7, 11) is 1.61. The fraction of sp³-hybridized carbons (Fsp3) is 0.259. The van der Waals surface area contributed by atoms with E-state index < -0.39 is 6.04 Å². The molecule has 2 amide bonds. The van der Waals surface area contributed by atoms with Crippen LogP contribution in [0.3, 0.4) is 0 Å². The van der Waals surface area contributed by atoms with Crippen LogP contribution in [0.5, 0.6) is 5.75 Å². The Morgan fingerprint density at radius 2 is 1.54 bits per heavy atom. The number of benzene rings is 3. The molecule has 1 aliphatic heterocycles. The molecule has 1 atom stereocenters. The minimum absolute atomic E-state index is 0.0914. The van der Waals surface area contributed by atoms with Gasteiger partial charge in [0.15, 0.2) is 0 Å². The Hall–Kier alpha value is -3.39. The summed E-state index contributed by atoms with van der Waals surface area (Å²) < 4.78 is 5.20. The fourth-order valence-corrected chi connectivity index (χ4v) is 4.37. The van der Waals surface area contributed by atoms with E-state index in [1.165, 1.54) is 0 Å². The van der Waals surface area contributed by atoms with Crippen molar-refractivity contribution in [2.45, 2.75) is 6.04 Å². The van der Waals surface area contributed by atoms with E-state index in [2.05, 4.69) is 20.4 Å². The molecule has 8 heteroatoms. The van der Waals surface area contributed by atoms with Crippen molar-refractivity contribution in [2.24, 2.45) is 0 Å². The van der Waals surface area contributed by atoms with Gasteiger partial charge < -0.3 is 15.4 Å². The predicted molar refractivity (Wildman–Crippen MR) is 139 cm³/mol. The van der Waals surface area contributed by atoms with E-state index in [0.29, 0.717) is 42.6 Å². The van der Waals surface area contributed by atoms with Crippen LogP contribution in [0.4, 0.5) is 11.4 Å². The van der Waals surface area contributed by atoms with Crippen molar-refractivity contribution in [3.05, 3.63) is 89.4 Å². The van der Waals surface area contributed by atoms with Gasteiger partial charge in [0.25, 0.3) is 0 Å². The Kier molecular flexibility index (Phi) is 8.36. The summed E-state index contributed by atoms with van der Waals surface area (Å²) in [6.45, 7) is 2.95. The maximum absolute atomic E-state index is 13.4. The van der Waals surface area contributed by atoms with Gasteiger partial charge in [-0.2, -0.15) is 0 Å². The average Bonchev–Trinajstić information content (AvgIpc) is 2.88. The summed E-state index contributed by atoms with van der Waals surface area (Å²) in [5.74, 6) is 0.534. The van der Waals surface area contributed by atoms with Crippen molar-refractivity contribution in [1.29, 1.82) is 0 Å². The number of nitrogens with one attached hydrogen (secondary N) is 2. The van der Waals surface area contributed by atoms with Crippen LogP contribution < -0.4 is 15.4 Å². The summed E-state index contributed by atoms with van der Waals surface area (Å²) in [4.78, 5) is 30.2. The zero-order valence-corrected chi connectivity index (χ0v) is 20.4. The number of piperazine rings is 1. The molecule has 1 saturated heterocycles. The molecule has 0 aliphatic carbocycles. The van der Waals surface area contributed by atoms with Crippen LogP contribution in [0.15, 0.2) is 78.9 Å². The Morgan fingerprint density at radius 3 is 2.20 bits per heavy atom. The predicted octanol–water partition coefficient (Wildman–Crippen LogP) is 4.28. The van der Waals surface area contributed by atoms with E-state index in [-0.39, 0.29) is 18.4 Å². The fourth-order valence-electron chi connectivity index (χ4n) is 4.18. The molecule has 0 spiro atoms. The van der Waals surface area contributed by atoms with E-state index >= 15 is 0 Å². The SMILES string of the molecule is COc1ccc(NC(=O)C(c2ccccc2)N2CCN(CC(=O)Nc3ccccc3Cl)CC2)cc1. The van der Waals surface area contributed by atoms with Crippen molar-refractivity contribution in [2.75, 3.05) is 50.5 Å². The second kappa shape index (κ2) is 11.8. The molecule has 1 fully saturated rings. The summed E-state index contributed by atoms with van der Waals surface area (Å²) in [5, 5.41) is 6.42. The highest BCUT2D eigenvalue weighted by atomic mass is 35.5. The molecular weight excluding hydrogens is 464 g/mol. The third kappa shape index (κ3) is 6.60. The first-order chi connectivity index (χ1) is 17.0.